The zero-order valence-corrected chi connectivity index (χ0v) is 7.06. The fourth-order valence-electron chi connectivity index (χ4n) is 1.99. The van der Waals surface area contributed by atoms with Crippen molar-refractivity contribution >= 4 is 10.8 Å². The van der Waals surface area contributed by atoms with Gasteiger partial charge in [0.05, 0.1) is 0 Å². The molecule has 0 aromatic heterocycles. The van der Waals surface area contributed by atoms with Gasteiger partial charge in [-0.25, -0.2) is 0 Å². The van der Waals surface area contributed by atoms with Crippen LogP contribution in [-0.4, -0.2) is 39.7 Å². The Balaban J connectivity index is 2.16. The quantitative estimate of drug-likeness (QED) is 0.503. The van der Waals surface area contributed by atoms with Crippen molar-refractivity contribution in [2.45, 2.75) is 24.9 Å². The molecular weight excluding hydrogens is 146 g/mol. The van der Waals surface area contributed by atoms with Gasteiger partial charge in [-0.1, -0.05) is 0 Å². The van der Waals surface area contributed by atoms with Crippen molar-refractivity contribution in [3.8, 4) is 0 Å². The minimum Gasteiger partial charge on any atom is -0.299 e. The van der Waals surface area contributed by atoms with Crippen LogP contribution in [0.15, 0.2) is 0 Å². The van der Waals surface area contributed by atoms with Crippen LogP contribution in [0.2, 0.25) is 0 Å². The molecule has 2 nitrogen and oxygen atoms in total. The molecule has 2 atom stereocenters. The van der Waals surface area contributed by atoms with Gasteiger partial charge in [0.15, 0.2) is 0 Å². The molecule has 0 radical (unpaired) electrons. The van der Waals surface area contributed by atoms with Gasteiger partial charge in [0.1, 0.15) is 0 Å². The predicted octanol–water partition coefficient (Wildman–Crippen LogP) is 0.211. The Bertz CT molecular complexity index is 155. The number of hydrogen-bond donors (Lipinski definition) is 0. The van der Waals surface area contributed by atoms with E-state index < -0.39 is 10.8 Å². The summed E-state index contributed by atoms with van der Waals surface area (Å²) >= 11 is 0. The van der Waals surface area contributed by atoms with Crippen LogP contribution in [0.3, 0.4) is 0 Å². The molecule has 0 spiro atoms. The van der Waals surface area contributed by atoms with Crippen molar-refractivity contribution in [1.82, 2.24) is 4.90 Å². The zero-order chi connectivity index (χ0) is 7.14. The van der Waals surface area contributed by atoms with Gasteiger partial charge in [0, 0.05) is 34.4 Å². The zero-order valence-electron chi connectivity index (χ0n) is 6.25. The molecular formula is C7H13NOS. The van der Waals surface area contributed by atoms with Gasteiger partial charge < -0.3 is 0 Å². The third-order valence-electron chi connectivity index (χ3n) is 2.74. The summed E-state index contributed by atoms with van der Waals surface area (Å²) in [6, 6.07) is 1.28. The standard InChI is InChI=1S/C7H13NOS/c1-8-6-2-3-7(8)5-10(9)4-6/h6-7H,2-5H2,1H3. The van der Waals surface area contributed by atoms with Crippen LogP contribution in [0.25, 0.3) is 0 Å². The van der Waals surface area contributed by atoms with E-state index in [4.69, 9.17) is 0 Å². The van der Waals surface area contributed by atoms with Crippen molar-refractivity contribution < 1.29 is 4.21 Å². The van der Waals surface area contributed by atoms with Gasteiger partial charge in [-0.3, -0.25) is 9.11 Å². The second-order valence-electron chi connectivity index (χ2n) is 3.32. The molecule has 3 heteroatoms. The Morgan fingerprint density at radius 2 is 1.80 bits per heavy atom. The Labute approximate surface area is 64.1 Å². The monoisotopic (exact) mass is 159 g/mol. The van der Waals surface area contributed by atoms with Crippen LogP contribution in [0.1, 0.15) is 12.8 Å². The lowest BCUT2D eigenvalue weighted by molar-refractivity contribution is 0.262. The van der Waals surface area contributed by atoms with E-state index in [1.165, 1.54) is 12.8 Å². The molecule has 2 heterocycles. The normalized spacial score (nSPS) is 47.9. The number of hydrogen-bond acceptors (Lipinski definition) is 2. The minimum atomic E-state index is -0.500. The average molecular weight is 159 g/mol. The van der Waals surface area contributed by atoms with Gasteiger partial charge in [-0.05, 0) is 19.9 Å². The van der Waals surface area contributed by atoms with E-state index in [9.17, 15) is 4.21 Å². The molecule has 0 aromatic carbocycles. The van der Waals surface area contributed by atoms with Gasteiger partial charge in [0.25, 0.3) is 0 Å². The molecule has 0 N–H and O–H groups in total. The summed E-state index contributed by atoms with van der Waals surface area (Å²) in [6.45, 7) is 0. The summed E-state index contributed by atoms with van der Waals surface area (Å²) in [5, 5.41) is 0. The minimum absolute atomic E-state index is 0.500. The smallest absolute Gasteiger partial charge is 0.0391 e. The van der Waals surface area contributed by atoms with Gasteiger partial charge >= 0.3 is 0 Å². The molecule has 58 valence electrons. The van der Waals surface area contributed by atoms with Crippen molar-refractivity contribution in [1.29, 1.82) is 0 Å². The van der Waals surface area contributed by atoms with E-state index in [1.54, 1.807) is 0 Å². The highest BCUT2D eigenvalue weighted by Crippen LogP contribution is 2.27. The molecule has 0 aliphatic carbocycles. The number of nitrogens with zero attached hydrogens (tertiary/aromatic N) is 1. The van der Waals surface area contributed by atoms with E-state index in [0.29, 0.717) is 12.1 Å². The lowest BCUT2D eigenvalue weighted by Gasteiger charge is -2.30. The second-order valence-corrected chi connectivity index (χ2v) is 4.87. The molecule has 2 aliphatic heterocycles. The topological polar surface area (TPSA) is 20.3 Å². The van der Waals surface area contributed by atoms with E-state index >= 15 is 0 Å². The highest BCUT2D eigenvalue weighted by Gasteiger charge is 2.36. The first-order valence-corrected chi connectivity index (χ1v) is 5.33. The Hall–Kier alpha value is 0.110. The first-order valence-electron chi connectivity index (χ1n) is 3.84. The summed E-state index contributed by atoms with van der Waals surface area (Å²) in [5.74, 6) is 1.85. The molecule has 2 rings (SSSR count). The lowest BCUT2D eigenvalue weighted by atomic mass is 10.2. The first kappa shape index (κ1) is 6.80. The van der Waals surface area contributed by atoms with Gasteiger partial charge in [-0.15, -0.1) is 0 Å². The molecule has 2 bridgehead atoms. The Morgan fingerprint density at radius 3 is 2.30 bits per heavy atom. The van der Waals surface area contributed by atoms with Gasteiger partial charge in [-0.2, -0.15) is 0 Å². The molecule has 2 aliphatic rings. The third kappa shape index (κ3) is 0.920. The molecule has 10 heavy (non-hydrogen) atoms. The molecule has 0 aromatic rings. The number of rotatable bonds is 0. The van der Waals surface area contributed by atoms with Crippen LogP contribution in [0, 0.1) is 0 Å². The third-order valence-corrected chi connectivity index (χ3v) is 4.25. The van der Waals surface area contributed by atoms with Crippen molar-refractivity contribution in [3.63, 3.8) is 0 Å². The second kappa shape index (κ2) is 2.31. The van der Waals surface area contributed by atoms with Crippen LogP contribution < -0.4 is 0 Å². The van der Waals surface area contributed by atoms with Crippen LogP contribution in [-0.2, 0) is 10.8 Å². The maximum Gasteiger partial charge on any atom is 0.0391 e. The maximum absolute atomic E-state index is 11.2. The van der Waals surface area contributed by atoms with E-state index in [2.05, 4.69) is 11.9 Å². The van der Waals surface area contributed by atoms with Crippen molar-refractivity contribution in [2.75, 3.05) is 18.6 Å². The molecule has 0 amide bonds. The Morgan fingerprint density at radius 1 is 1.30 bits per heavy atom. The fraction of sp³-hybridized carbons (Fsp3) is 1.00. The maximum atomic E-state index is 11.2. The molecule has 2 fully saturated rings. The summed E-state index contributed by atoms with van der Waals surface area (Å²) < 4.78 is 11.2. The molecule has 0 saturated carbocycles. The summed E-state index contributed by atoms with van der Waals surface area (Å²) in [5.41, 5.74) is 0. The highest BCUT2D eigenvalue weighted by atomic mass is 32.2. The predicted molar refractivity (Wildman–Crippen MR) is 42.4 cm³/mol. The first-order chi connectivity index (χ1) is 4.77. The summed E-state index contributed by atoms with van der Waals surface area (Å²) in [6.07, 6.45) is 2.54. The highest BCUT2D eigenvalue weighted by molar-refractivity contribution is 7.85. The SMILES string of the molecule is CN1C2CCC1CS(=O)C2. The van der Waals surface area contributed by atoms with Crippen LogP contribution >= 0.6 is 0 Å². The van der Waals surface area contributed by atoms with Crippen molar-refractivity contribution in [2.24, 2.45) is 0 Å². The van der Waals surface area contributed by atoms with Crippen LogP contribution in [0.5, 0.6) is 0 Å². The molecule has 2 unspecified atom stereocenters. The van der Waals surface area contributed by atoms with Gasteiger partial charge in [0.2, 0.25) is 0 Å². The van der Waals surface area contributed by atoms with E-state index in [0.717, 1.165) is 11.5 Å². The average Bonchev–Trinajstić information content (AvgIpc) is 2.20. The van der Waals surface area contributed by atoms with Crippen molar-refractivity contribution in [3.05, 3.63) is 0 Å². The number of fused-ring (bicyclic) bond motifs is 2. The summed E-state index contributed by atoms with van der Waals surface area (Å²) in [7, 11) is 1.67. The summed E-state index contributed by atoms with van der Waals surface area (Å²) in [4.78, 5) is 2.40. The van der Waals surface area contributed by atoms with E-state index in [1.807, 2.05) is 0 Å². The van der Waals surface area contributed by atoms with Crippen LogP contribution in [0.4, 0.5) is 0 Å². The van der Waals surface area contributed by atoms with E-state index in [-0.39, 0.29) is 0 Å². The fourth-order valence-corrected chi connectivity index (χ4v) is 3.79. The lowest BCUT2D eigenvalue weighted by Crippen LogP contribution is -2.44. The molecule has 2 saturated heterocycles. The largest absolute Gasteiger partial charge is 0.299 e. The Kier molecular flexibility index (Phi) is 1.57.